The van der Waals surface area contributed by atoms with E-state index in [0.29, 0.717) is 40.3 Å². The summed E-state index contributed by atoms with van der Waals surface area (Å²) in [7, 11) is 0. The number of hydrogen-bond acceptors (Lipinski definition) is 6. The second-order valence-corrected chi connectivity index (χ2v) is 12.1. The highest BCUT2D eigenvalue weighted by atomic mass is 35.5. The Morgan fingerprint density at radius 1 is 1.09 bits per heavy atom. The summed E-state index contributed by atoms with van der Waals surface area (Å²) in [4.78, 5) is 39.5. The van der Waals surface area contributed by atoms with Gasteiger partial charge in [0.05, 0.1) is 18.3 Å². The summed E-state index contributed by atoms with van der Waals surface area (Å²) in [6.07, 6.45) is 2.35. The first-order valence-electron chi connectivity index (χ1n) is 14.5. The van der Waals surface area contributed by atoms with Gasteiger partial charge in [-0.2, -0.15) is 13.2 Å². The minimum atomic E-state index is -5.08. The van der Waals surface area contributed by atoms with Crippen molar-refractivity contribution in [3.63, 3.8) is 0 Å². The molecule has 1 aromatic carbocycles. The lowest BCUT2D eigenvalue weighted by Gasteiger charge is -2.23. The maximum atomic E-state index is 13.6. The summed E-state index contributed by atoms with van der Waals surface area (Å²) >= 11 is 6.08. The Labute approximate surface area is 264 Å². The summed E-state index contributed by atoms with van der Waals surface area (Å²) in [6, 6.07) is 10.4. The first kappa shape index (κ1) is 35.5. The van der Waals surface area contributed by atoms with Crippen molar-refractivity contribution in [1.82, 2.24) is 20.0 Å². The van der Waals surface area contributed by atoms with Crippen LogP contribution in [0.3, 0.4) is 0 Å². The number of nitrogens with zero attached hydrogens (tertiary/aromatic N) is 2. The Hall–Kier alpha value is -4.00. The van der Waals surface area contributed by atoms with Crippen molar-refractivity contribution in [2.75, 3.05) is 13.2 Å². The minimum absolute atomic E-state index is 0.133. The number of aliphatic carboxylic acids is 1. The Morgan fingerprint density at radius 2 is 1.71 bits per heavy atom. The van der Waals surface area contributed by atoms with Gasteiger partial charge in [0.1, 0.15) is 11.3 Å². The van der Waals surface area contributed by atoms with Crippen LogP contribution >= 0.6 is 11.6 Å². The number of fused-ring (bicyclic) bond motifs is 1. The van der Waals surface area contributed by atoms with Crippen molar-refractivity contribution in [3.05, 3.63) is 64.6 Å². The number of aromatic nitrogens is 2. The largest absolute Gasteiger partial charge is 0.490 e. The number of carbonyl (C=O) groups is 3. The molecule has 1 fully saturated rings. The number of halogens is 4. The van der Waals surface area contributed by atoms with Gasteiger partial charge in [-0.15, -0.1) is 0 Å². The zero-order valence-electron chi connectivity index (χ0n) is 25.5. The lowest BCUT2D eigenvalue weighted by Crippen LogP contribution is -2.40. The van der Waals surface area contributed by atoms with E-state index in [9.17, 15) is 22.8 Å². The zero-order chi connectivity index (χ0) is 33.4. The van der Waals surface area contributed by atoms with Crippen LogP contribution < -0.4 is 15.4 Å². The van der Waals surface area contributed by atoms with Gasteiger partial charge in [0.25, 0.3) is 5.91 Å². The molecule has 2 aromatic heterocycles. The number of alkyl carbamates (subject to hydrolysis) is 1. The van der Waals surface area contributed by atoms with Crippen LogP contribution in [0.2, 0.25) is 5.02 Å². The third-order valence-corrected chi connectivity index (χ3v) is 7.12. The van der Waals surface area contributed by atoms with Crippen molar-refractivity contribution in [1.29, 1.82) is 0 Å². The van der Waals surface area contributed by atoms with E-state index in [1.54, 1.807) is 37.3 Å². The average Bonchev–Trinajstić information content (AvgIpc) is 3.30. The highest BCUT2D eigenvalue weighted by Crippen LogP contribution is 2.27. The van der Waals surface area contributed by atoms with Crippen molar-refractivity contribution in [2.45, 2.75) is 77.6 Å². The van der Waals surface area contributed by atoms with Crippen molar-refractivity contribution >= 4 is 35.2 Å². The Balaban J connectivity index is 0.000000707. The lowest BCUT2D eigenvalue weighted by atomic mass is 9.90. The Morgan fingerprint density at radius 3 is 2.29 bits per heavy atom. The number of aryl methyl sites for hydroxylation is 1. The smallest absolute Gasteiger partial charge is 0.489 e. The third kappa shape index (κ3) is 10.8. The molecule has 1 unspecified atom stereocenters. The van der Waals surface area contributed by atoms with E-state index in [4.69, 9.17) is 31.0 Å². The van der Waals surface area contributed by atoms with Gasteiger partial charge in [-0.3, -0.25) is 9.20 Å². The van der Waals surface area contributed by atoms with E-state index in [-0.39, 0.29) is 12.5 Å². The maximum absolute atomic E-state index is 13.6. The number of imidazole rings is 1. The third-order valence-electron chi connectivity index (χ3n) is 6.87. The van der Waals surface area contributed by atoms with Gasteiger partial charge < -0.3 is 25.2 Å². The minimum Gasteiger partial charge on any atom is -0.489 e. The van der Waals surface area contributed by atoms with E-state index in [1.165, 1.54) is 32.1 Å². The number of pyridine rings is 1. The number of amides is 2. The predicted molar refractivity (Wildman–Crippen MR) is 162 cm³/mol. The quantitative estimate of drug-likeness (QED) is 0.241. The topological polar surface area (TPSA) is 131 Å². The van der Waals surface area contributed by atoms with Crippen LogP contribution in [0.4, 0.5) is 18.0 Å². The summed E-state index contributed by atoms with van der Waals surface area (Å²) in [5.41, 5.74) is 1.78. The highest BCUT2D eigenvalue weighted by Gasteiger charge is 2.38. The van der Waals surface area contributed by atoms with E-state index in [2.05, 4.69) is 15.6 Å². The molecule has 1 atom stereocenters. The summed E-state index contributed by atoms with van der Waals surface area (Å²) in [6.45, 7) is 7.99. The fourth-order valence-corrected chi connectivity index (χ4v) is 4.90. The van der Waals surface area contributed by atoms with Crippen LogP contribution in [0.1, 0.15) is 80.7 Å². The molecule has 0 aliphatic heterocycles. The molecular weight excluding hydrogens is 617 g/mol. The lowest BCUT2D eigenvalue weighted by molar-refractivity contribution is -0.192. The molecular formula is C31H38ClF3N4O6. The number of carbonyl (C=O) groups excluding carboxylic acids is 2. The number of benzene rings is 1. The first-order valence-corrected chi connectivity index (χ1v) is 14.9. The molecule has 0 spiro atoms. The number of rotatable bonds is 8. The molecule has 2 heterocycles. The number of nitrogens with one attached hydrogen (secondary N) is 2. The van der Waals surface area contributed by atoms with Gasteiger partial charge in [0.15, 0.2) is 11.4 Å². The number of carboxylic acid groups (broad SMARTS) is 1. The molecule has 3 N–H and O–H groups in total. The fraction of sp³-hybridized carbons (Fsp3) is 0.484. The number of hydrogen-bond donors (Lipinski definition) is 3. The molecule has 246 valence electrons. The molecule has 4 rings (SSSR count). The van der Waals surface area contributed by atoms with Crippen LogP contribution in [0.15, 0.2) is 42.6 Å². The van der Waals surface area contributed by atoms with Gasteiger partial charge >= 0.3 is 18.2 Å². The predicted octanol–water partition coefficient (Wildman–Crippen LogP) is 6.88. The van der Waals surface area contributed by atoms with Crippen molar-refractivity contribution in [3.8, 4) is 5.75 Å². The number of carboxylic acids is 1. The van der Waals surface area contributed by atoms with Crippen LogP contribution in [0, 0.1) is 12.8 Å². The van der Waals surface area contributed by atoms with Crippen molar-refractivity contribution in [2.24, 2.45) is 5.92 Å². The molecule has 3 aromatic rings. The number of ether oxygens (including phenoxy) is 2. The van der Waals surface area contributed by atoms with E-state index in [0.717, 1.165) is 5.56 Å². The zero-order valence-corrected chi connectivity index (χ0v) is 26.3. The molecule has 10 nitrogen and oxygen atoms in total. The van der Waals surface area contributed by atoms with E-state index < -0.39 is 29.9 Å². The second-order valence-electron chi connectivity index (χ2n) is 11.7. The molecule has 1 aliphatic carbocycles. The molecule has 0 saturated heterocycles. The van der Waals surface area contributed by atoms with E-state index in [1.807, 2.05) is 37.4 Å². The standard InChI is InChI=1S/C29H37ClN4O4.C2HF3O2/c1-19-25(34-16-8-11-24(26(34)32-19)37-18-20-9-6-5-7-10-20)27(35)33-23(21-12-14-22(30)15-13-21)17-31-28(36)38-29(2,3)4;3-2(4,5)1(6)7/h8,11-16,20,23H,5-7,9-10,17-18H2,1-4H3,(H,31,36)(H,33,35);(H,6,7). The molecule has 1 saturated carbocycles. The summed E-state index contributed by atoms with van der Waals surface area (Å²) in [5, 5.41) is 13.5. The van der Waals surface area contributed by atoms with Crippen LogP contribution in [0.5, 0.6) is 5.75 Å². The normalized spacial score (nSPS) is 14.6. The molecule has 2 amide bonds. The van der Waals surface area contributed by atoms with Gasteiger partial charge in [-0.1, -0.05) is 43.0 Å². The molecule has 1 aliphatic rings. The van der Waals surface area contributed by atoms with Crippen molar-refractivity contribution < 1.29 is 42.1 Å². The second kappa shape index (κ2) is 15.3. The molecule has 45 heavy (non-hydrogen) atoms. The maximum Gasteiger partial charge on any atom is 0.490 e. The Kier molecular flexibility index (Phi) is 12.1. The van der Waals surface area contributed by atoms with E-state index >= 15 is 0 Å². The van der Waals surface area contributed by atoms with Crippen LogP contribution in [0.25, 0.3) is 5.65 Å². The number of alkyl halides is 3. The summed E-state index contributed by atoms with van der Waals surface area (Å²) < 4.78 is 45.1. The van der Waals surface area contributed by atoms with Crippen LogP contribution in [-0.4, -0.2) is 57.4 Å². The van der Waals surface area contributed by atoms with Gasteiger partial charge in [-0.25, -0.2) is 14.6 Å². The molecule has 0 bridgehead atoms. The van der Waals surface area contributed by atoms with Gasteiger partial charge in [-0.05, 0) is 76.3 Å². The highest BCUT2D eigenvalue weighted by molar-refractivity contribution is 6.30. The summed E-state index contributed by atoms with van der Waals surface area (Å²) in [5.74, 6) is -1.85. The fourth-order valence-electron chi connectivity index (χ4n) is 4.78. The first-order chi connectivity index (χ1) is 21.0. The average molecular weight is 655 g/mol. The van der Waals surface area contributed by atoms with Crippen LogP contribution in [-0.2, 0) is 9.53 Å². The monoisotopic (exact) mass is 654 g/mol. The SMILES string of the molecule is Cc1nc2c(OCC3CCCCC3)cccn2c1C(=O)NC(CNC(=O)OC(C)(C)C)c1ccc(Cl)cc1.O=C(O)C(F)(F)F. The van der Waals surface area contributed by atoms with Gasteiger partial charge in [0, 0.05) is 17.8 Å². The molecule has 14 heteroatoms. The van der Waals surface area contributed by atoms with Gasteiger partial charge in [0.2, 0.25) is 0 Å². The molecule has 0 radical (unpaired) electrons. The Bertz CT molecular complexity index is 1460.